The summed E-state index contributed by atoms with van der Waals surface area (Å²) in [6.07, 6.45) is 0.698. The summed E-state index contributed by atoms with van der Waals surface area (Å²) in [6.45, 7) is 2.75. The van der Waals surface area contributed by atoms with Gasteiger partial charge in [0.1, 0.15) is 30.1 Å². The Morgan fingerprint density at radius 3 is 2.27 bits per heavy atom. The molecule has 0 saturated carbocycles. The van der Waals surface area contributed by atoms with E-state index in [4.69, 9.17) is 19.7 Å². The Morgan fingerprint density at radius 2 is 1.67 bits per heavy atom. The van der Waals surface area contributed by atoms with E-state index < -0.39 is 0 Å². The normalized spacial score (nSPS) is 9.60. The van der Waals surface area contributed by atoms with Gasteiger partial charge in [0.05, 0.1) is 33.0 Å². The number of carbonyl (C=O) groups excluding carboxylic acids is 1. The van der Waals surface area contributed by atoms with Gasteiger partial charge in [-0.2, -0.15) is 0 Å². The molecule has 0 atom stereocenters. The van der Waals surface area contributed by atoms with Gasteiger partial charge in [0, 0.05) is 0 Å². The van der Waals surface area contributed by atoms with Crippen molar-refractivity contribution in [2.45, 2.75) is 0 Å². The van der Waals surface area contributed by atoms with Gasteiger partial charge in [0.2, 0.25) is 4.91 Å². The Hall–Kier alpha value is -1.14. The predicted molar refractivity (Wildman–Crippen MR) is 50.7 cm³/mol. The molecule has 15 heavy (non-hydrogen) atoms. The van der Waals surface area contributed by atoms with Gasteiger partial charge in [-0.05, 0) is 0 Å². The Morgan fingerprint density at radius 1 is 1.07 bits per heavy atom. The average molecular weight is 218 g/mol. The first kappa shape index (κ1) is 13.9. The van der Waals surface area contributed by atoms with Crippen LogP contribution < -0.4 is 4.91 Å². The van der Waals surface area contributed by atoms with Gasteiger partial charge in [-0.1, -0.05) is 0 Å². The zero-order valence-corrected chi connectivity index (χ0v) is 8.55. The van der Waals surface area contributed by atoms with Crippen LogP contribution in [-0.2, 0) is 19.0 Å². The third-order valence-electron chi connectivity index (χ3n) is 1.34. The fourth-order valence-corrected chi connectivity index (χ4v) is 0.727. The fraction of sp³-hybridized carbons (Fsp3) is 0.875. The third-order valence-corrected chi connectivity index (χ3v) is 1.34. The van der Waals surface area contributed by atoms with Gasteiger partial charge in [-0.15, -0.1) is 0 Å². The van der Waals surface area contributed by atoms with E-state index in [1.807, 2.05) is 0 Å². The van der Waals surface area contributed by atoms with Crippen LogP contribution in [0.4, 0.5) is 0 Å². The topological polar surface area (TPSA) is 95.1 Å². The van der Waals surface area contributed by atoms with E-state index in [2.05, 4.69) is 10.0 Å². The second kappa shape index (κ2) is 12.9. The molecule has 0 saturated heterocycles. The van der Waals surface area contributed by atoms with Gasteiger partial charge >= 0.3 is 0 Å². The smallest absolute Gasteiger partial charge is 0.214 e. The largest absolute Gasteiger partial charge is 0.377 e. The van der Waals surface area contributed by atoms with E-state index in [0.29, 0.717) is 45.9 Å². The van der Waals surface area contributed by atoms with E-state index >= 15 is 0 Å². The molecule has 0 amide bonds. The molecule has 0 aromatic heterocycles. The maximum Gasteiger partial charge on any atom is 0.214 e. The lowest BCUT2D eigenvalue weighted by Gasteiger charge is -2.03. The predicted octanol–water partition coefficient (Wildman–Crippen LogP) is -0.215. The van der Waals surface area contributed by atoms with Gasteiger partial charge < -0.3 is 19.0 Å². The highest BCUT2D eigenvalue weighted by atomic mass is 16.5. The van der Waals surface area contributed by atoms with Crippen molar-refractivity contribution in [3.05, 3.63) is 0 Å². The number of rotatable bonds is 11. The number of hydrogen-bond acceptors (Lipinski definition) is 6. The quantitative estimate of drug-likeness (QED) is 0.224. The summed E-state index contributed by atoms with van der Waals surface area (Å²) in [5, 5.41) is 3.41. The summed E-state index contributed by atoms with van der Waals surface area (Å²) in [6, 6.07) is 0. The first-order valence-electron chi connectivity index (χ1n) is 4.62. The first-order chi connectivity index (χ1) is 7.41. The van der Waals surface area contributed by atoms with Crippen LogP contribution in [0, 0.1) is 5.53 Å². The number of aldehydes is 1. The maximum absolute atomic E-state index is 9.85. The molecule has 0 fully saturated rings. The van der Waals surface area contributed by atoms with Gasteiger partial charge in [-0.3, -0.25) is 0 Å². The number of carbonyl (C=O) groups is 1. The molecule has 0 rings (SSSR count). The zero-order valence-electron chi connectivity index (χ0n) is 8.55. The molecule has 0 bridgehead atoms. The molecule has 1 N–H and O–H groups in total. The van der Waals surface area contributed by atoms with Crippen molar-refractivity contribution in [1.82, 2.24) is 4.91 Å². The lowest BCUT2D eigenvalue weighted by Crippen LogP contribution is -2.11. The van der Waals surface area contributed by atoms with Gasteiger partial charge in [0.25, 0.3) is 0 Å². The highest BCUT2D eigenvalue weighted by molar-refractivity contribution is 5.50. The van der Waals surface area contributed by atoms with Crippen LogP contribution in [0.2, 0.25) is 0 Å². The lowest BCUT2D eigenvalue weighted by atomic mass is 10.7. The van der Waals surface area contributed by atoms with E-state index in [1.165, 1.54) is 0 Å². The molecule has 0 aliphatic carbocycles. The molecule has 0 aromatic rings. The van der Waals surface area contributed by atoms with Crippen molar-refractivity contribution >= 4 is 6.29 Å². The zero-order chi connectivity index (χ0) is 11.2. The number of ether oxygens (including phenoxy) is 3. The highest BCUT2D eigenvalue weighted by Gasteiger charge is 1.92. The monoisotopic (exact) mass is 218 g/mol. The van der Waals surface area contributed by atoms with Crippen molar-refractivity contribution in [3.63, 3.8) is 0 Å². The molecular weight excluding hydrogens is 202 g/mol. The van der Waals surface area contributed by atoms with Crippen molar-refractivity contribution in [2.24, 2.45) is 5.11 Å². The maximum atomic E-state index is 9.85. The van der Waals surface area contributed by atoms with E-state index in [9.17, 15) is 4.79 Å². The highest BCUT2D eigenvalue weighted by Crippen LogP contribution is 1.80. The summed E-state index contributed by atoms with van der Waals surface area (Å²) < 4.78 is 15.1. The van der Waals surface area contributed by atoms with Crippen molar-refractivity contribution < 1.29 is 19.0 Å². The summed E-state index contributed by atoms with van der Waals surface area (Å²) in [5.41, 5.74) is 6.37. The molecule has 7 heteroatoms. The SMILES string of the molecule is N=[N+]=NCCOCCOCCOCC=O. The molecule has 0 aromatic carbocycles. The summed E-state index contributed by atoms with van der Waals surface area (Å²) in [7, 11) is 0. The molecule has 86 valence electrons. The van der Waals surface area contributed by atoms with Crippen LogP contribution in [-0.4, -0.2) is 52.5 Å². The fourth-order valence-electron chi connectivity index (χ4n) is 0.727. The molecular formula is C8H16N3O4+. The molecule has 0 radical (unpaired) electrons. The first-order valence-corrected chi connectivity index (χ1v) is 4.62. The summed E-state index contributed by atoms with van der Waals surface area (Å²) in [4.78, 5) is 12.7. The molecule has 0 aliphatic heterocycles. The van der Waals surface area contributed by atoms with Crippen molar-refractivity contribution in [2.75, 3.05) is 46.2 Å². The Bertz CT molecular complexity index is 194. The van der Waals surface area contributed by atoms with Crippen LogP contribution in [0.5, 0.6) is 0 Å². The second-order valence-corrected chi connectivity index (χ2v) is 2.43. The van der Waals surface area contributed by atoms with Gasteiger partial charge in [0.15, 0.2) is 0 Å². The number of hydrogen-bond donors (Lipinski definition) is 1. The Balaban J connectivity index is 2.92. The van der Waals surface area contributed by atoms with Gasteiger partial charge in [-0.25, -0.2) is 0 Å². The van der Waals surface area contributed by atoms with Crippen molar-refractivity contribution in [3.8, 4) is 0 Å². The summed E-state index contributed by atoms with van der Waals surface area (Å²) in [5.74, 6) is 0. The van der Waals surface area contributed by atoms with E-state index in [0.717, 1.165) is 0 Å². The third kappa shape index (κ3) is 12.9. The molecule has 0 unspecified atom stereocenters. The molecule has 0 aliphatic rings. The van der Waals surface area contributed by atoms with Crippen LogP contribution >= 0.6 is 0 Å². The number of nitrogens with one attached hydrogen (secondary N) is 1. The van der Waals surface area contributed by atoms with Crippen LogP contribution in [0.25, 0.3) is 0 Å². The van der Waals surface area contributed by atoms with Crippen LogP contribution in [0.15, 0.2) is 5.11 Å². The Kier molecular flexibility index (Phi) is 11.9. The lowest BCUT2D eigenvalue weighted by molar-refractivity contribution is -0.112. The minimum atomic E-state index is 0.109. The average Bonchev–Trinajstić information content (AvgIpc) is 2.26. The van der Waals surface area contributed by atoms with E-state index in [1.54, 1.807) is 0 Å². The standard InChI is InChI=1S/C8H16N3O4/c9-11-10-1-3-13-5-7-15-8-6-14-4-2-12/h2,9H,1,3-8H2/q+1. The Labute approximate surface area is 87.9 Å². The minimum absolute atomic E-state index is 0.109. The number of nitrogens with zero attached hydrogens (tertiary/aromatic N) is 2. The molecule has 7 nitrogen and oxygen atoms in total. The second-order valence-electron chi connectivity index (χ2n) is 2.43. The van der Waals surface area contributed by atoms with E-state index in [-0.39, 0.29) is 6.61 Å². The summed E-state index contributed by atoms with van der Waals surface area (Å²) >= 11 is 0. The molecule has 0 spiro atoms. The molecule has 0 heterocycles. The van der Waals surface area contributed by atoms with Crippen LogP contribution in [0.3, 0.4) is 0 Å². The van der Waals surface area contributed by atoms with Crippen LogP contribution in [0.1, 0.15) is 0 Å². The minimum Gasteiger partial charge on any atom is -0.377 e. The van der Waals surface area contributed by atoms with Crippen molar-refractivity contribution in [1.29, 1.82) is 5.53 Å².